The molecule has 2 aliphatic heterocycles. The van der Waals surface area contributed by atoms with Gasteiger partial charge in [-0.3, -0.25) is 4.79 Å². The van der Waals surface area contributed by atoms with Gasteiger partial charge >= 0.3 is 6.01 Å². The highest BCUT2D eigenvalue weighted by Gasteiger charge is 2.23. The predicted octanol–water partition coefficient (Wildman–Crippen LogP) is 3.84. The Balaban J connectivity index is 1.38. The van der Waals surface area contributed by atoms with E-state index in [1.807, 2.05) is 18.2 Å². The molecular weight excluding hydrogens is 450 g/mol. The minimum absolute atomic E-state index is 0.0483. The number of rotatable bonds is 3. The number of hydrogen-bond donors (Lipinski definition) is 2. The zero-order valence-corrected chi connectivity index (χ0v) is 18.5. The van der Waals surface area contributed by atoms with Crippen LogP contribution in [0, 0.1) is 0 Å². The van der Waals surface area contributed by atoms with Crippen molar-refractivity contribution >= 4 is 61.5 Å². The van der Waals surface area contributed by atoms with Crippen molar-refractivity contribution < 1.29 is 9.53 Å². The molecule has 0 saturated carbocycles. The van der Waals surface area contributed by atoms with Gasteiger partial charge in [0.15, 0.2) is 0 Å². The molecule has 32 heavy (non-hydrogen) atoms. The van der Waals surface area contributed by atoms with Crippen molar-refractivity contribution in [2.45, 2.75) is 12.8 Å². The van der Waals surface area contributed by atoms with Gasteiger partial charge in [-0.05, 0) is 42.6 Å². The minimum Gasteiger partial charge on any atom is -0.405 e. The number of hydrogen-bond acceptors (Lipinski definition) is 9. The number of carbonyl (C=O) groups is 1. The van der Waals surface area contributed by atoms with E-state index in [1.165, 1.54) is 11.3 Å². The fourth-order valence-corrected chi connectivity index (χ4v) is 5.39. The van der Waals surface area contributed by atoms with E-state index in [-0.39, 0.29) is 17.2 Å². The number of carbonyl (C=O) groups excluding carboxylic acids is 1. The van der Waals surface area contributed by atoms with E-state index in [4.69, 9.17) is 16.3 Å². The number of thiophene rings is 1. The van der Waals surface area contributed by atoms with Crippen molar-refractivity contribution in [2.75, 3.05) is 36.4 Å². The summed E-state index contributed by atoms with van der Waals surface area (Å²) >= 11 is 7.59. The molecule has 9 nitrogen and oxygen atoms in total. The van der Waals surface area contributed by atoms with E-state index < -0.39 is 0 Å². The van der Waals surface area contributed by atoms with Gasteiger partial charge in [0.1, 0.15) is 4.88 Å². The average Bonchev–Trinajstić information content (AvgIpc) is 3.41. The fourth-order valence-electron chi connectivity index (χ4n) is 4.13. The Morgan fingerprint density at radius 1 is 1.00 bits per heavy atom. The predicted molar refractivity (Wildman–Crippen MR) is 124 cm³/mol. The molecule has 1 fully saturated rings. The van der Waals surface area contributed by atoms with Gasteiger partial charge in [-0.1, -0.05) is 0 Å². The maximum absolute atomic E-state index is 12.4. The molecule has 1 saturated heterocycles. The number of nitrogens with one attached hydrogen (secondary N) is 2. The van der Waals surface area contributed by atoms with Crippen LogP contribution in [-0.4, -0.2) is 52.0 Å². The Morgan fingerprint density at radius 2 is 1.84 bits per heavy atom. The average molecular weight is 468 g/mol. The lowest BCUT2D eigenvalue weighted by molar-refractivity contribution is 0.0962. The highest BCUT2D eigenvalue weighted by Crippen LogP contribution is 2.41. The lowest BCUT2D eigenvalue weighted by Crippen LogP contribution is -2.24. The quantitative estimate of drug-likeness (QED) is 0.468. The molecule has 0 unspecified atom stereocenters. The smallest absolute Gasteiger partial charge is 0.329 e. The Labute approximate surface area is 191 Å². The molecule has 0 bridgehead atoms. The van der Waals surface area contributed by atoms with Crippen LogP contribution >= 0.6 is 22.9 Å². The lowest BCUT2D eigenvalue weighted by atomic mass is 10.1. The van der Waals surface area contributed by atoms with E-state index in [0.717, 1.165) is 52.6 Å². The van der Waals surface area contributed by atoms with Crippen molar-refractivity contribution in [1.29, 1.82) is 0 Å². The number of benzene rings is 1. The summed E-state index contributed by atoms with van der Waals surface area (Å²) < 4.78 is 6.88. The van der Waals surface area contributed by atoms with Crippen LogP contribution in [0.3, 0.4) is 0 Å². The first-order valence-corrected chi connectivity index (χ1v) is 11.6. The van der Waals surface area contributed by atoms with E-state index in [2.05, 4.69) is 35.5 Å². The minimum atomic E-state index is -0.0483. The number of nitrogens with zero attached hydrogens (tertiary/aromatic N) is 5. The Morgan fingerprint density at radius 3 is 2.72 bits per heavy atom. The highest BCUT2D eigenvalue weighted by molar-refractivity contribution is 7.21. The first-order chi connectivity index (χ1) is 15.7. The second-order valence-electron chi connectivity index (χ2n) is 7.63. The molecule has 0 radical (unpaired) electrons. The van der Waals surface area contributed by atoms with Gasteiger partial charge in [0.2, 0.25) is 17.1 Å². The number of amides is 1. The zero-order valence-electron chi connectivity index (χ0n) is 16.9. The molecule has 0 atom stereocenters. The van der Waals surface area contributed by atoms with Crippen molar-refractivity contribution in [3.8, 4) is 11.9 Å². The summed E-state index contributed by atoms with van der Waals surface area (Å²) in [6.07, 6.45) is 2.20. The van der Waals surface area contributed by atoms with E-state index in [1.54, 1.807) is 6.07 Å². The SMILES string of the molecule is O=C1NCCNc2c1sc1ccc3nc(Oc4nc(Cl)nc(N5CCCC5)n4)ccc3c21. The Bertz CT molecular complexity index is 1370. The van der Waals surface area contributed by atoms with Crippen molar-refractivity contribution in [1.82, 2.24) is 25.3 Å². The normalized spacial score (nSPS) is 16.0. The number of aromatic nitrogens is 4. The van der Waals surface area contributed by atoms with Crippen molar-refractivity contribution in [2.24, 2.45) is 0 Å². The van der Waals surface area contributed by atoms with Crippen LogP contribution in [0.15, 0.2) is 24.3 Å². The van der Waals surface area contributed by atoms with E-state index in [0.29, 0.717) is 29.8 Å². The third-order valence-corrected chi connectivity index (χ3v) is 6.90. The largest absolute Gasteiger partial charge is 0.405 e. The standard InChI is InChI=1S/C21H18ClN7O2S/c22-19-26-20(29-9-1-2-10-29)28-21(27-19)31-14-6-3-11-12(25-14)4-5-13-15(11)16-17(32-13)18(30)24-8-7-23-16/h3-6,23H,1-2,7-10H2,(H,24,30). The summed E-state index contributed by atoms with van der Waals surface area (Å²) in [7, 11) is 0. The van der Waals surface area contributed by atoms with Crippen LogP contribution in [0.4, 0.5) is 11.6 Å². The van der Waals surface area contributed by atoms with Gasteiger partial charge in [-0.25, -0.2) is 4.98 Å². The van der Waals surface area contributed by atoms with E-state index in [9.17, 15) is 4.79 Å². The molecule has 1 aromatic carbocycles. The Kier molecular flexibility index (Phi) is 4.69. The summed E-state index contributed by atoms with van der Waals surface area (Å²) in [5.74, 6) is 0.830. The second kappa shape index (κ2) is 7.72. The number of anilines is 2. The molecule has 11 heteroatoms. The molecular formula is C21H18ClN7O2S. The summed E-state index contributed by atoms with van der Waals surface area (Å²) in [6, 6.07) is 7.74. The van der Waals surface area contributed by atoms with Gasteiger partial charge < -0.3 is 20.3 Å². The molecule has 0 aliphatic carbocycles. The van der Waals surface area contributed by atoms with Crippen LogP contribution in [-0.2, 0) is 0 Å². The van der Waals surface area contributed by atoms with Crippen LogP contribution in [0.2, 0.25) is 5.28 Å². The molecule has 162 valence electrons. The lowest BCUT2D eigenvalue weighted by Gasteiger charge is -2.15. The summed E-state index contributed by atoms with van der Waals surface area (Å²) in [4.78, 5) is 32.5. The molecule has 4 aromatic rings. The van der Waals surface area contributed by atoms with Gasteiger partial charge in [0.25, 0.3) is 5.91 Å². The molecule has 0 spiro atoms. The number of pyridine rings is 1. The van der Waals surface area contributed by atoms with E-state index >= 15 is 0 Å². The van der Waals surface area contributed by atoms with Gasteiger partial charge in [0, 0.05) is 47.7 Å². The van der Waals surface area contributed by atoms with Crippen LogP contribution in [0.5, 0.6) is 11.9 Å². The van der Waals surface area contributed by atoms with Crippen LogP contribution in [0.1, 0.15) is 22.5 Å². The summed E-state index contributed by atoms with van der Waals surface area (Å²) in [5.41, 5.74) is 1.61. The first kappa shape index (κ1) is 19.4. The van der Waals surface area contributed by atoms with Crippen molar-refractivity contribution in [3.63, 3.8) is 0 Å². The summed E-state index contributed by atoms with van der Waals surface area (Å²) in [5, 5.41) is 8.33. The molecule has 1 amide bonds. The fraction of sp³-hybridized carbons (Fsp3) is 0.286. The number of halogens is 1. The molecule has 3 aromatic heterocycles. The third kappa shape index (κ3) is 3.35. The third-order valence-electron chi connectivity index (χ3n) is 5.58. The second-order valence-corrected chi connectivity index (χ2v) is 9.02. The van der Waals surface area contributed by atoms with Gasteiger partial charge in [-0.15, -0.1) is 11.3 Å². The molecule has 5 heterocycles. The topological polar surface area (TPSA) is 105 Å². The molecule has 6 rings (SSSR count). The maximum Gasteiger partial charge on any atom is 0.329 e. The maximum atomic E-state index is 12.4. The first-order valence-electron chi connectivity index (χ1n) is 10.4. The van der Waals surface area contributed by atoms with Gasteiger partial charge in [-0.2, -0.15) is 15.0 Å². The van der Waals surface area contributed by atoms with Crippen LogP contribution in [0.25, 0.3) is 21.0 Å². The Hall–Kier alpha value is -3.24. The molecule has 2 aliphatic rings. The highest BCUT2D eigenvalue weighted by atomic mass is 35.5. The zero-order chi connectivity index (χ0) is 21.7. The summed E-state index contributed by atoms with van der Waals surface area (Å²) in [6.45, 7) is 3.05. The van der Waals surface area contributed by atoms with Gasteiger partial charge in [0.05, 0.1) is 11.2 Å². The number of ether oxygens (including phenoxy) is 1. The van der Waals surface area contributed by atoms with Crippen LogP contribution < -0.4 is 20.3 Å². The van der Waals surface area contributed by atoms with Crippen molar-refractivity contribution in [3.05, 3.63) is 34.4 Å². The number of fused-ring (bicyclic) bond motifs is 5. The molecule has 2 N–H and O–H groups in total. The monoisotopic (exact) mass is 467 g/mol.